The van der Waals surface area contributed by atoms with Crippen molar-refractivity contribution in [2.75, 3.05) is 31.5 Å². The molecule has 0 spiro atoms. The first-order valence-corrected chi connectivity index (χ1v) is 10.3. The number of hydrogen-bond acceptors (Lipinski definition) is 6. The van der Waals surface area contributed by atoms with Crippen LogP contribution in [0.25, 0.3) is 5.65 Å². The van der Waals surface area contributed by atoms with Crippen molar-refractivity contribution in [2.24, 2.45) is 0 Å². The van der Waals surface area contributed by atoms with Crippen molar-refractivity contribution in [2.45, 2.75) is 58.1 Å². The summed E-state index contributed by atoms with van der Waals surface area (Å²) in [6, 6.07) is 2.34. The first-order valence-electron chi connectivity index (χ1n) is 10.3. The van der Waals surface area contributed by atoms with E-state index < -0.39 is 0 Å². The first-order chi connectivity index (χ1) is 13.5. The van der Waals surface area contributed by atoms with Crippen LogP contribution >= 0.6 is 0 Å². The highest BCUT2D eigenvalue weighted by Crippen LogP contribution is 2.24. The van der Waals surface area contributed by atoms with E-state index in [4.69, 9.17) is 4.74 Å². The molecule has 2 fully saturated rings. The summed E-state index contributed by atoms with van der Waals surface area (Å²) < 4.78 is 7.48. The molecule has 8 nitrogen and oxygen atoms in total. The molecule has 0 saturated carbocycles. The fourth-order valence-electron chi connectivity index (χ4n) is 3.97. The Hall–Kier alpha value is -2.35. The number of likely N-dealkylation sites (tertiary alicyclic amines) is 1. The standard InChI is InChI=1S/C20H30N6O2/c1-13(2)17-12-22-26-18(10-14(3)23-19(17)26)24-15-5-8-25(9-6-15)20(27)28-16-4-7-21-11-16/h10,12-13,15-16,21,24H,4-9,11H2,1-3H3/t16-/m1/s1. The number of amides is 1. The second kappa shape index (κ2) is 7.95. The van der Waals surface area contributed by atoms with Crippen LogP contribution in [0.1, 0.15) is 50.3 Å². The number of anilines is 1. The fraction of sp³-hybridized carbons (Fsp3) is 0.650. The summed E-state index contributed by atoms with van der Waals surface area (Å²) >= 11 is 0. The Morgan fingerprint density at radius 1 is 1.32 bits per heavy atom. The van der Waals surface area contributed by atoms with E-state index in [9.17, 15) is 4.79 Å². The molecule has 2 aliphatic rings. The van der Waals surface area contributed by atoms with E-state index in [0.29, 0.717) is 25.0 Å². The van der Waals surface area contributed by atoms with Crippen molar-refractivity contribution in [1.29, 1.82) is 0 Å². The van der Waals surface area contributed by atoms with Crippen molar-refractivity contribution in [3.05, 3.63) is 23.5 Å². The number of carbonyl (C=O) groups is 1. The lowest BCUT2D eigenvalue weighted by molar-refractivity contribution is 0.0641. The van der Waals surface area contributed by atoms with Gasteiger partial charge in [-0.15, -0.1) is 0 Å². The highest BCUT2D eigenvalue weighted by Gasteiger charge is 2.27. The topological polar surface area (TPSA) is 83.8 Å². The first kappa shape index (κ1) is 19.0. The zero-order valence-corrected chi connectivity index (χ0v) is 16.9. The molecule has 0 radical (unpaired) electrons. The Balaban J connectivity index is 1.39. The number of ether oxygens (including phenoxy) is 1. The molecule has 2 aliphatic heterocycles. The van der Waals surface area contributed by atoms with Crippen molar-refractivity contribution < 1.29 is 9.53 Å². The maximum absolute atomic E-state index is 12.3. The van der Waals surface area contributed by atoms with Gasteiger partial charge in [0, 0.05) is 43.0 Å². The van der Waals surface area contributed by atoms with Crippen LogP contribution in [0.2, 0.25) is 0 Å². The fourth-order valence-corrected chi connectivity index (χ4v) is 3.97. The van der Waals surface area contributed by atoms with Crippen LogP contribution in [-0.4, -0.2) is 63.9 Å². The zero-order chi connectivity index (χ0) is 19.7. The van der Waals surface area contributed by atoms with Gasteiger partial charge in [0.2, 0.25) is 0 Å². The number of nitrogens with one attached hydrogen (secondary N) is 2. The van der Waals surface area contributed by atoms with Crippen LogP contribution in [0.15, 0.2) is 12.3 Å². The number of fused-ring (bicyclic) bond motifs is 1. The Morgan fingerprint density at radius 2 is 2.11 bits per heavy atom. The summed E-state index contributed by atoms with van der Waals surface area (Å²) in [5.74, 6) is 1.34. The molecule has 4 heterocycles. The Bertz CT molecular complexity index is 835. The van der Waals surface area contributed by atoms with Gasteiger partial charge in [0.25, 0.3) is 0 Å². The monoisotopic (exact) mass is 386 g/mol. The van der Waals surface area contributed by atoms with E-state index in [0.717, 1.165) is 55.1 Å². The molecule has 0 aromatic carbocycles. The van der Waals surface area contributed by atoms with E-state index in [1.54, 1.807) is 0 Å². The normalized spacial score (nSPS) is 20.9. The lowest BCUT2D eigenvalue weighted by Crippen LogP contribution is -2.44. The number of carbonyl (C=O) groups excluding carboxylic acids is 1. The number of aryl methyl sites for hydroxylation is 1. The van der Waals surface area contributed by atoms with Gasteiger partial charge < -0.3 is 20.3 Å². The van der Waals surface area contributed by atoms with Gasteiger partial charge in [-0.2, -0.15) is 9.61 Å². The minimum Gasteiger partial charge on any atom is -0.445 e. The van der Waals surface area contributed by atoms with Gasteiger partial charge in [-0.1, -0.05) is 13.8 Å². The second-order valence-corrected chi connectivity index (χ2v) is 8.18. The summed E-state index contributed by atoms with van der Waals surface area (Å²) in [4.78, 5) is 18.8. The zero-order valence-electron chi connectivity index (χ0n) is 16.9. The van der Waals surface area contributed by atoms with Gasteiger partial charge in [-0.3, -0.25) is 0 Å². The average molecular weight is 387 g/mol. The summed E-state index contributed by atoms with van der Waals surface area (Å²) in [7, 11) is 0. The van der Waals surface area contributed by atoms with Crippen LogP contribution < -0.4 is 10.6 Å². The number of aromatic nitrogens is 3. The second-order valence-electron chi connectivity index (χ2n) is 8.18. The van der Waals surface area contributed by atoms with Gasteiger partial charge >= 0.3 is 6.09 Å². The third-order valence-corrected chi connectivity index (χ3v) is 5.64. The summed E-state index contributed by atoms with van der Waals surface area (Å²) in [5, 5.41) is 11.4. The largest absolute Gasteiger partial charge is 0.445 e. The van der Waals surface area contributed by atoms with Crippen molar-refractivity contribution in [3.8, 4) is 0 Å². The molecule has 2 aromatic rings. The van der Waals surface area contributed by atoms with E-state index in [1.165, 1.54) is 0 Å². The van der Waals surface area contributed by atoms with E-state index in [2.05, 4.69) is 34.6 Å². The molecule has 1 atom stereocenters. The minimum absolute atomic E-state index is 0.0198. The van der Waals surface area contributed by atoms with Crippen LogP contribution in [0.5, 0.6) is 0 Å². The van der Waals surface area contributed by atoms with Crippen molar-refractivity contribution >= 4 is 17.6 Å². The summed E-state index contributed by atoms with van der Waals surface area (Å²) in [5.41, 5.74) is 3.05. The van der Waals surface area contributed by atoms with Crippen LogP contribution in [0.4, 0.5) is 10.6 Å². The third-order valence-electron chi connectivity index (χ3n) is 5.64. The predicted octanol–water partition coefficient (Wildman–Crippen LogP) is 2.54. The molecule has 8 heteroatoms. The molecule has 152 valence electrons. The highest BCUT2D eigenvalue weighted by molar-refractivity contribution is 5.68. The van der Waals surface area contributed by atoms with Gasteiger partial charge in [0.05, 0.1) is 6.20 Å². The molecule has 2 saturated heterocycles. The molecular formula is C20H30N6O2. The molecule has 28 heavy (non-hydrogen) atoms. The Morgan fingerprint density at radius 3 is 2.79 bits per heavy atom. The van der Waals surface area contributed by atoms with Crippen LogP contribution in [0, 0.1) is 6.92 Å². The molecular weight excluding hydrogens is 356 g/mol. The average Bonchev–Trinajstić information content (AvgIpc) is 3.31. The van der Waals surface area contributed by atoms with Crippen LogP contribution in [0.3, 0.4) is 0 Å². The SMILES string of the molecule is Cc1cc(NC2CCN(C(=O)O[C@@H]3CCNC3)CC2)n2ncc(C(C)C)c2n1. The molecule has 0 aliphatic carbocycles. The number of nitrogens with zero attached hydrogens (tertiary/aromatic N) is 4. The smallest absolute Gasteiger partial charge is 0.410 e. The maximum Gasteiger partial charge on any atom is 0.410 e. The molecule has 2 N–H and O–H groups in total. The lowest BCUT2D eigenvalue weighted by Gasteiger charge is -2.32. The van der Waals surface area contributed by atoms with E-state index in [-0.39, 0.29) is 12.2 Å². The van der Waals surface area contributed by atoms with Gasteiger partial charge in [-0.25, -0.2) is 9.78 Å². The molecule has 4 rings (SSSR count). The van der Waals surface area contributed by atoms with Gasteiger partial charge in [0.15, 0.2) is 5.65 Å². The van der Waals surface area contributed by atoms with E-state index in [1.807, 2.05) is 28.6 Å². The maximum atomic E-state index is 12.3. The highest BCUT2D eigenvalue weighted by atomic mass is 16.6. The third kappa shape index (κ3) is 3.92. The number of hydrogen-bond donors (Lipinski definition) is 2. The van der Waals surface area contributed by atoms with E-state index >= 15 is 0 Å². The minimum atomic E-state index is -0.178. The van der Waals surface area contributed by atoms with Crippen molar-refractivity contribution in [1.82, 2.24) is 24.8 Å². The van der Waals surface area contributed by atoms with Gasteiger partial charge in [-0.05, 0) is 38.6 Å². The Kier molecular flexibility index (Phi) is 5.39. The molecule has 1 amide bonds. The van der Waals surface area contributed by atoms with Crippen LogP contribution in [-0.2, 0) is 4.74 Å². The molecule has 0 bridgehead atoms. The molecule has 2 aromatic heterocycles. The Labute approximate surface area is 165 Å². The number of piperidine rings is 1. The molecule has 0 unspecified atom stereocenters. The van der Waals surface area contributed by atoms with Crippen molar-refractivity contribution in [3.63, 3.8) is 0 Å². The predicted molar refractivity (Wildman–Crippen MR) is 108 cm³/mol. The quantitative estimate of drug-likeness (QED) is 0.840. The summed E-state index contributed by atoms with van der Waals surface area (Å²) in [6.45, 7) is 9.44. The van der Waals surface area contributed by atoms with Gasteiger partial charge in [0.1, 0.15) is 11.9 Å². The lowest BCUT2D eigenvalue weighted by atomic mass is 10.1. The summed E-state index contributed by atoms with van der Waals surface area (Å²) in [6.07, 6.45) is 4.44. The number of rotatable bonds is 4.